The van der Waals surface area contributed by atoms with Gasteiger partial charge in [0, 0.05) is 20.2 Å². The standard InChI is InChI=1S/C12H22N4O/c1-3-7-16-11(14-10-15-16)8-13-9-12(17-2)5-4-6-12/h10,13H,3-9H2,1-2H3. The largest absolute Gasteiger partial charge is 0.377 e. The van der Waals surface area contributed by atoms with Crippen molar-refractivity contribution in [2.24, 2.45) is 0 Å². The third kappa shape index (κ3) is 2.84. The van der Waals surface area contributed by atoms with E-state index in [0.717, 1.165) is 44.7 Å². The number of methoxy groups -OCH3 is 1. The molecule has 5 heteroatoms. The second-order valence-corrected chi connectivity index (χ2v) is 4.74. The van der Waals surface area contributed by atoms with E-state index in [2.05, 4.69) is 22.3 Å². The monoisotopic (exact) mass is 238 g/mol. The van der Waals surface area contributed by atoms with E-state index in [9.17, 15) is 0 Å². The molecule has 0 aromatic carbocycles. The van der Waals surface area contributed by atoms with Gasteiger partial charge in [0.2, 0.25) is 0 Å². The van der Waals surface area contributed by atoms with Gasteiger partial charge in [0.1, 0.15) is 12.2 Å². The van der Waals surface area contributed by atoms with Crippen molar-refractivity contribution in [3.63, 3.8) is 0 Å². The first-order valence-corrected chi connectivity index (χ1v) is 6.42. The first kappa shape index (κ1) is 12.5. The van der Waals surface area contributed by atoms with Crippen LogP contribution in [0.25, 0.3) is 0 Å². The van der Waals surface area contributed by atoms with Crippen LogP contribution in [0.2, 0.25) is 0 Å². The highest BCUT2D eigenvalue weighted by Crippen LogP contribution is 2.34. The Kier molecular flexibility index (Phi) is 4.12. The Morgan fingerprint density at radius 3 is 2.94 bits per heavy atom. The van der Waals surface area contributed by atoms with Crippen molar-refractivity contribution in [2.45, 2.75) is 51.3 Å². The highest BCUT2D eigenvalue weighted by atomic mass is 16.5. The molecular formula is C12H22N4O. The zero-order valence-corrected chi connectivity index (χ0v) is 10.8. The number of hydrogen-bond donors (Lipinski definition) is 1. The third-order valence-electron chi connectivity index (χ3n) is 3.56. The Morgan fingerprint density at radius 2 is 2.35 bits per heavy atom. The molecule has 1 saturated carbocycles. The van der Waals surface area contributed by atoms with Gasteiger partial charge in [-0.25, -0.2) is 9.67 Å². The first-order chi connectivity index (χ1) is 8.29. The van der Waals surface area contributed by atoms with Crippen LogP contribution in [0.1, 0.15) is 38.4 Å². The van der Waals surface area contributed by atoms with Crippen molar-refractivity contribution in [3.05, 3.63) is 12.2 Å². The van der Waals surface area contributed by atoms with Crippen molar-refractivity contribution in [3.8, 4) is 0 Å². The SMILES string of the molecule is CCCn1ncnc1CNCC1(OC)CCC1. The number of nitrogens with one attached hydrogen (secondary N) is 1. The molecular weight excluding hydrogens is 216 g/mol. The number of nitrogens with zero attached hydrogens (tertiary/aromatic N) is 3. The quantitative estimate of drug-likeness (QED) is 0.779. The van der Waals surface area contributed by atoms with Gasteiger partial charge in [0.05, 0.1) is 12.1 Å². The molecule has 0 amide bonds. The van der Waals surface area contributed by atoms with E-state index in [1.54, 1.807) is 13.4 Å². The molecule has 1 aromatic rings. The fraction of sp³-hybridized carbons (Fsp3) is 0.833. The molecule has 0 bridgehead atoms. The first-order valence-electron chi connectivity index (χ1n) is 6.42. The second kappa shape index (κ2) is 5.60. The molecule has 0 saturated heterocycles. The molecule has 1 aliphatic carbocycles. The predicted molar refractivity (Wildman–Crippen MR) is 65.6 cm³/mol. The summed E-state index contributed by atoms with van der Waals surface area (Å²) in [5.41, 5.74) is 0.0790. The van der Waals surface area contributed by atoms with Crippen LogP contribution < -0.4 is 5.32 Å². The summed E-state index contributed by atoms with van der Waals surface area (Å²) < 4.78 is 7.53. The Hall–Kier alpha value is -0.940. The van der Waals surface area contributed by atoms with E-state index in [1.807, 2.05) is 4.68 Å². The molecule has 1 heterocycles. The van der Waals surface area contributed by atoms with Gasteiger partial charge < -0.3 is 10.1 Å². The maximum absolute atomic E-state index is 5.57. The molecule has 0 unspecified atom stereocenters. The molecule has 0 aliphatic heterocycles. The number of aryl methyl sites for hydroxylation is 1. The molecule has 2 rings (SSSR count). The van der Waals surface area contributed by atoms with Gasteiger partial charge in [-0.3, -0.25) is 0 Å². The minimum absolute atomic E-state index is 0.0790. The molecule has 1 fully saturated rings. The van der Waals surface area contributed by atoms with Gasteiger partial charge in [-0.2, -0.15) is 5.10 Å². The number of rotatable bonds is 7. The maximum atomic E-state index is 5.57. The van der Waals surface area contributed by atoms with Crippen LogP contribution in [0.3, 0.4) is 0 Å². The van der Waals surface area contributed by atoms with Crippen LogP contribution >= 0.6 is 0 Å². The molecule has 96 valence electrons. The summed E-state index contributed by atoms with van der Waals surface area (Å²) in [6.45, 7) is 4.76. The van der Waals surface area contributed by atoms with Crippen molar-refractivity contribution in [1.82, 2.24) is 20.1 Å². The van der Waals surface area contributed by atoms with Crippen LogP contribution in [0.4, 0.5) is 0 Å². The molecule has 1 aromatic heterocycles. The van der Waals surface area contributed by atoms with Crippen molar-refractivity contribution >= 4 is 0 Å². The normalized spacial score (nSPS) is 18.0. The number of aromatic nitrogens is 3. The Morgan fingerprint density at radius 1 is 1.53 bits per heavy atom. The Bertz CT molecular complexity index is 341. The van der Waals surface area contributed by atoms with Crippen molar-refractivity contribution in [1.29, 1.82) is 0 Å². The van der Waals surface area contributed by atoms with Gasteiger partial charge >= 0.3 is 0 Å². The van der Waals surface area contributed by atoms with E-state index in [0.29, 0.717) is 0 Å². The number of hydrogen-bond acceptors (Lipinski definition) is 4. The van der Waals surface area contributed by atoms with Crippen LogP contribution in [0.5, 0.6) is 0 Å². The average molecular weight is 238 g/mol. The van der Waals surface area contributed by atoms with Crippen LogP contribution in [-0.2, 0) is 17.8 Å². The summed E-state index contributed by atoms with van der Waals surface area (Å²) in [6.07, 6.45) is 6.32. The van der Waals surface area contributed by atoms with Crippen LogP contribution in [0, 0.1) is 0 Å². The lowest BCUT2D eigenvalue weighted by Crippen LogP contribution is -2.47. The molecule has 1 aliphatic rings. The minimum Gasteiger partial charge on any atom is -0.377 e. The fourth-order valence-electron chi connectivity index (χ4n) is 2.25. The van der Waals surface area contributed by atoms with E-state index in [1.165, 1.54) is 6.42 Å². The summed E-state index contributed by atoms with van der Waals surface area (Å²) in [5, 5.41) is 7.64. The topological polar surface area (TPSA) is 52.0 Å². The van der Waals surface area contributed by atoms with Gasteiger partial charge in [0.15, 0.2) is 0 Å². The van der Waals surface area contributed by atoms with Gasteiger partial charge in [0.25, 0.3) is 0 Å². The molecule has 0 atom stereocenters. The molecule has 17 heavy (non-hydrogen) atoms. The van der Waals surface area contributed by atoms with E-state index < -0.39 is 0 Å². The smallest absolute Gasteiger partial charge is 0.140 e. The fourth-order valence-corrected chi connectivity index (χ4v) is 2.25. The highest BCUT2D eigenvalue weighted by molar-refractivity contribution is 4.92. The molecule has 0 radical (unpaired) electrons. The lowest BCUT2D eigenvalue weighted by molar-refractivity contribution is -0.0696. The highest BCUT2D eigenvalue weighted by Gasteiger charge is 2.36. The lowest BCUT2D eigenvalue weighted by atomic mass is 9.80. The second-order valence-electron chi connectivity index (χ2n) is 4.74. The Labute approximate surface area is 103 Å². The maximum Gasteiger partial charge on any atom is 0.140 e. The Balaban J connectivity index is 1.79. The van der Waals surface area contributed by atoms with Gasteiger partial charge in [-0.15, -0.1) is 0 Å². The van der Waals surface area contributed by atoms with E-state index in [-0.39, 0.29) is 5.60 Å². The summed E-state index contributed by atoms with van der Waals surface area (Å²) in [6, 6.07) is 0. The lowest BCUT2D eigenvalue weighted by Gasteiger charge is -2.40. The van der Waals surface area contributed by atoms with Crippen LogP contribution in [0.15, 0.2) is 6.33 Å². The van der Waals surface area contributed by atoms with Gasteiger partial charge in [-0.1, -0.05) is 6.92 Å². The van der Waals surface area contributed by atoms with Crippen LogP contribution in [-0.4, -0.2) is 34.0 Å². The van der Waals surface area contributed by atoms with E-state index in [4.69, 9.17) is 4.74 Å². The zero-order valence-electron chi connectivity index (χ0n) is 10.8. The van der Waals surface area contributed by atoms with Gasteiger partial charge in [-0.05, 0) is 25.7 Å². The average Bonchev–Trinajstić information content (AvgIpc) is 2.71. The summed E-state index contributed by atoms with van der Waals surface area (Å²) >= 11 is 0. The number of ether oxygens (including phenoxy) is 1. The molecule has 0 spiro atoms. The third-order valence-corrected chi connectivity index (χ3v) is 3.56. The zero-order chi connectivity index (χ0) is 12.1. The van der Waals surface area contributed by atoms with E-state index >= 15 is 0 Å². The predicted octanol–water partition coefficient (Wildman–Crippen LogP) is 1.35. The van der Waals surface area contributed by atoms with Crippen molar-refractivity contribution in [2.75, 3.05) is 13.7 Å². The van der Waals surface area contributed by atoms with Crippen molar-refractivity contribution < 1.29 is 4.74 Å². The summed E-state index contributed by atoms with van der Waals surface area (Å²) in [4.78, 5) is 4.27. The molecule has 5 nitrogen and oxygen atoms in total. The summed E-state index contributed by atoms with van der Waals surface area (Å²) in [7, 11) is 1.81. The molecule has 1 N–H and O–H groups in total. The summed E-state index contributed by atoms with van der Waals surface area (Å²) in [5.74, 6) is 1.01. The minimum atomic E-state index is 0.0790.